The summed E-state index contributed by atoms with van der Waals surface area (Å²) in [4.78, 5) is 0. The van der Waals surface area contributed by atoms with Crippen molar-refractivity contribution >= 4 is 0 Å². The molecule has 1 unspecified atom stereocenters. The summed E-state index contributed by atoms with van der Waals surface area (Å²) in [5.41, 5.74) is 1.03. The Labute approximate surface area is 110 Å². The van der Waals surface area contributed by atoms with E-state index in [0.29, 0.717) is 32.5 Å². The number of hydrogen-bond acceptors (Lipinski definition) is 4. The number of aliphatic hydroxyl groups is 1. The van der Waals surface area contributed by atoms with Crippen molar-refractivity contribution in [2.75, 3.05) is 32.9 Å². The average molecular weight is 257 g/mol. The first-order valence-electron chi connectivity index (χ1n) is 6.91. The third kappa shape index (κ3) is 7.82. The van der Waals surface area contributed by atoms with Crippen LogP contribution in [0.3, 0.4) is 0 Å². The van der Waals surface area contributed by atoms with Crippen LogP contribution in [0.2, 0.25) is 0 Å². The quantitative estimate of drug-likeness (QED) is 0.460. The van der Waals surface area contributed by atoms with Gasteiger partial charge < -0.3 is 19.9 Å². The van der Waals surface area contributed by atoms with Crippen molar-refractivity contribution in [2.45, 2.75) is 44.8 Å². The molecule has 106 valence electrons. The SMILES string of the molecule is C=C(C)COCCNCC(O)COC1CCCC1. The second kappa shape index (κ2) is 9.50. The van der Waals surface area contributed by atoms with Crippen molar-refractivity contribution in [3.8, 4) is 0 Å². The highest BCUT2D eigenvalue weighted by Gasteiger charge is 2.16. The number of rotatable bonds is 10. The molecule has 0 bridgehead atoms. The molecule has 4 nitrogen and oxygen atoms in total. The van der Waals surface area contributed by atoms with Crippen molar-refractivity contribution in [3.63, 3.8) is 0 Å². The minimum absolute atomic E-state index is 0.374. The molecule has 1 aliphatic rings. The van der Waals surface area contributed by atoms with Gasteiger partial charge in [-0.15, -0.1) is 0 Å². The van der Waals surface area contributed by atoms with Crippen LogP contribution in [0.5, 0.6) is 0 Å². The lowest BCUT2D eigenvalue weighted by Crippen LogP contribution is -2.33. The Morgan fingerprint density at radius 1 is 1.44 bits per heavy atom. The fourth-order valence-corrected chi connectivity index (χ4v) is 2.02. The molecule has 1 fully saturated rings. The van der Waals surface area contributed by atoms with Gasteiger partial charge in [0.1, 0.15) is 0 Å². The van der Waals surface area contributed by atoms with Gasteiger partial charge in [-0.2, -0.15) is 0 Å². The predicted molar refractivity (Wildman–Crippen MR) is 72.7 cm³/mol. The van der Waals surface area contributed by atoms with Crippen LogP contribution in [0.15, 0.2) is 12.2 Å². The van der Waals surface area contributed by atoms with E-state index in [1.54, 1.807) is 0 Å². The molecule has 0 saturated heterocycles. The zero-order valence-electron chi connectivity index (χ0n) is 11.5. The third-order valence-electron chi connectivity index (χ3n) is 2.98. The molecule has 1 atom stereocenters. The molecule has 18 heavy (non-hydrogen) atoms. The van der Waals surface area contributed by atoms with Gasteiger partial charge in [-0.1, -0.05) is 25.0 Å². The van der Waals surface area contributed by atoms with E-state index in [0.717, 1.165) is 25.0 Å². The number of aliphatic hydroxyl groups excluding tert-OH is 1. The maximum Gasteiger partial charge on any atom is 0.0897 e. The summed E-state index contributed by atoms with van der Waals surface area (Å²) in [6, 6.07) is 0. The van der Waals surface area contributed by atoms with Gasteiger partial charge >= 0.3 is 0 Å². The molecule has 0 aromatic rings. The third-order valence-corrected chi connectivity index (χ3v) is 2.98. The van der Waals surface area contributed by atoms with Gasteiger partial charge in [0.25, 0.3) is 0 Å². The average Bonchev–Trinajstić information content (AvgIpc) is 2.83. The zero-order chi connectivity index (χ0) is 13.2. The number of ether oxygens (including phenoxy) is 2. The van der Waals surface area contributed by atoms with Crippen LogP contribution in [0, 0.1) is 0 Å². The van der Waals surface area contributed by atoms with E-state index < -0.39 is 6.10 Å². The molecule has 0 radical (unpaired) electrons. The van der Waals surface area contributed by atoms with Gasteiger partial charge in [0, 0.05) is 13.1 Å². The predicted octanol–water partition coefficient (Wildman–Crippen LogP) is 1.49. The van der Waals surface area contributed by atoms with Gasteiger partial charge in [0.05, 0.1) is 32.0 Å². The summed E-state index contributed by atoms with van der Waals surface area (Å²) in [6.07, 6.45) is 4.77. The van der Waals surface area contributed by atoms with E-state index in [4.69, 9.17) is 9.47 Å². The normalized spacial score (nSPS) is 18.1. The molecule has 4 heteroatoms. The minimum atomic E-state index is -0.424. The van der Waals surface area contributed by atoms with Crippen LogP contribution in [-0.2, 0) is 9.47 Å². The zero-order valence-corrected chi connectivity index (χ0v) is 11.5. The van der Waals surface area contributed by atoms with Gasteiger partial charge in [-0.3, -0.25) is 0 Å². The number of nitrogens with one attached hydrogen (secondary N) is 1. The fourth-order valence-electron chi connectivity index (χ4n) is 2.02. The second-order valence-electron chi connectivity index (χ2n) is 5.11. The van der Waals surface area contributed by atoms with E-state index in [1.165, 1.54) is 12.8 Å². The highest BCUT2D eigenvalue weighted by atomic mass is 16.5. The molecule has 0 spiro atoms. The summed E-state index contributed by atoms with van der Waals surface area (Å²) >= 11 is 0. The first kappa shape index (κ1) is 15.6. The lowest BCUT2D eigenvalue weighted by molar-refractivity contribution is -0.00584. The molecule has 0 aliphatic heterocycles. The molecule has 1 saturated carbocycles. The minimum Gasteiger partial charge on any atom is -0.389 e. The fraction of sp³-hybridized carbons (Fsp3) is 0.857. The molecule has 1 rings (SSSR count). The molecule has 1 aliphatic carbocycles. The van der Waals surface area contributed by atoms with Crippen molar-refractivity contribution < 1.29 is 14.6 Å². The van der Waals surface area contributed by atoms with Gasteiger partial charge in [-0.25, -0.2) is 0 Å². The van der Waals surface area contributed by atoms with E-state index in [1.807, 2.05) is 6.92 Å². The second-order valence-corrected chi connectivity index (χ2v) is 5.11. The van der Waals surface area contributed by atoms with Crippen LogP contribution >= 0.6 is 0 Å². The van der Waals surface area contributed by atoms with E-state index >= 15 is 0 Å². The maximum atomic E-state index is 9.71. The Morgan fingerprint density at radius 2 is 2.17 bits per heavy atom. The van der Waals surface area contributed by atoms with E-state index in [2.05, 4.69) is 11.9 Å². The molecule has 0 aromatic carbocycles. The Hall–Kier alpha value is -0.420. The van der Waals surface area contributed by atoms with Crippen LogP contribution in [0.4, 0.5) is 0 Å². The van der Waals surface area contributed by atoms with Crippen molar-refractivity contribution in [2.24, 2.45) is 0 Å². The summed E-state index contributed by atoms with van der Waals surface area (Å²) in [7, 11) is 0. The first-order chi connectivity index (χ1) is 8.68. The largest absolute Gasteiger partial charge is 0.389 e. The van der Waals surface area contributed by atoms with Crippen molar-refractivity contribution in [1.82, 2.24) is 5.32 Å². The van der Waals surface area contributed by atoms with Gasteiger partial charge in [-0.05, 0) is 19.8 Å². The maximum absolute atomic E-state index is 9.71. The summed E-state index contributed by atoms with van der Waals surface area (Å²) in [5.74, 6) is 0. The Balaban J connectivity index is 1.86. The monoisotopic (exact) mass is 257 g/mol. The van der Waals surface area contributed by atoms with Crippen LogP contribution in [0.25, 0.3) is 0 Å². The lowest BCUT2D eigenvalue weighted by atomic mass is 10.3. The molecule has 2 N–H and O–H groups in total. The molecule has 0 heterocycles. The smallest absolute Gasteiger partial charge is 0.0897 e. The van der Waals surface area contributed by atoms with Crippen LogP contribution < -0.4 is 5.32 Å². The Bertz CT molecular complexity index is 227. The van der Waals surface area contributed by atoms with Crippen molar-refractivity contribution in [3.05, 3.63) is 12.2 Å². The van der Waals surface area contributed by atoms with Gasteiger partial charge in [0.2, 0.25) is 0 Å². The highest BCUT2D eigenvalue weighted by molar-refractivity contribution is 4.87. The summed E-state index contributed by atoms with van der Waals surface area (Å²) in [5, 5.41) is 12.9. The van der Waals surface area contributed by atoms with Crippen LogP contribution in [0.1, 0.15) is 32.6 Å². The van der Waals surface area contributed by atoms with Crippen LogP contribution in [-0.4, -0.2) is 50.2 Å². The molecular weight excluding hydrogens is 230 g/mol. The highest BCUT2D eigenvalue weighted by Crippen LogP contribution is 2.20. The van der Waals surface area contributed by atoms with E-state index in [9.17, 15) is 5.11 Å². The summed E-state index contributed by atoms with van der Waals surface area (Å²) in [6.45, 7) is 8.69. The Morgan fingerprint density at radius 3 is 2.83 bits per heavy atom. The van der Waals surface area contributed by atoms with Gasteiger partial charge in [0.15, 0.2) is 0 Å². The first-order valence-corrected chi connectivity index (χ1v) is 6.91. The topological polar surface area (TPSA) is 50.7 Å². The Kier molecular flexibility index (Phi) is 8.25. The van der Waals surface area contributed by atoms with E-state index in [-0.39, 0.29) is 0 Å². The standard InChI is InChI=1S/C14H27NO3/c1-12(2)10-17-8-7-15-9-13(16)11-18-14-5-3-4-6-14/h13-16H,1,3-11H2,2H3. The molecule has 0 amide bonds. The molecule has 0 aromatic heterocycles. The number of hydrogen-bond donors (Lipinski definition) is 2. The lowest BCUT2D eigenvalue weighted by Gasteiger charge is -2.16. The molecular formula is C14H27NO3. The van der Waals surface area contributed by atoms with Crippen molar-refractivity contribution in [1.29, 1.82) is 0 Å². The summed E-state index contributed by atoms with van der Waals surface area (Å²) < 4.78 is 11.0.